The maximum absolute atomic E-state index is 12.6. The van der Waals surface area contributed by atoms with Gasteiger partial charge < -0.3 is 15.1 Å². The zero-order chi connectivity index (χ0) is 18.1. The summed E-state index contributed by atoms with van der Waals surface area (Å²) in [4.78, 5) is 14.4. The van der Waals surface area contributed by atoms with Crippen LogP contribution in [-0.2, 0) is 24.4 Å². The van der Waals surface area contributed by atoms with E-state index in [1.807, 2.05) is 24.3 Å². The molecule has 0 saturated heterocycles. The zero-order valence-electron chi connectivity index (χ0n) is 14.2. The normalized spacial score (nSPS) is 15.2. The fourth-order valence-electron chi connectivity index (χ4n) is 3.20. The molecule has 2 N–H and O–H groups in total. The van der Waals surface area contributed by atoms with Crippen LogP contribution in [0.4, 0.5) is 0 Å². The summed E-state index contributed by atoms with van der Waals surface area (Å²) in [6, 6.07) is 9.41. The molecule has 136 valence electrons. The molecule has 1 aliphatic heterocycles. The molecule has 3 heterocycles. The van der Waals surface area contributed by atoms with Crippen molar-refractivity contribution in [2.75, 3.05) is 13.2 Å². The Morgan fingerprint density at radius 1 is 1.27 bits per heavy atom. The van der Waals surface area contributed by atoms with Gasteiger partial charge in [0.2, 0.25) is 5.91 Å². The minimum atomic E-state index is -0.988. The number of rotatable bonds is 5. The Hall–Kier alpha value is -2.78. The lowest BCUT2D eigenvalue weighted by Crippen LogP contribution is -2.38. The van der Waals surface area contributed by atoms with Crippen molar-refractivity contribution in [3.05, 3.63) is 41.7 Å². The first kappa shape index (κ1) is 16.7. The van der Waals surface area contributed by atoms with Gasteiger partial charge in [-0.15, -0.1) is 5.10 Å². The summed E-state index contributed by atoms with van der Waals surface area (Å²) >= 11 is 0. The van der Waals surface area contributed by atoms with Crippen LogP contribution in [0.5, 0.6) is 0 Å². The lowest BCUT2D eigenvalue weighted by atomic mass is 10.2. The monoisotopic (exact) mass is 356 g/mol. The van der Waals surface area contributed by atoms with Crippen molar-refractivity contribution in [1.82, 2.24) is 29.7 Å². The summed E-state index contributed by atoms with van der Waals surface area (Å²) in [5, 5.41) is 31.2. The van der Waals surface area contributed by atoms with Crippen LogP contribution in [-0.4, -0.2) is 58.9 Å². The first-order valence-electron chi connectivity index (χ1n) is 8.57. The Bertz CT molecular complexity index is 934. The maximum atomic E-state index is 12.6. The highest BCUT2D eigenvalue weighted by atomic mass is 16.3. The Balaban J connectivity index is 1.40. The largest absolute Gasteiger partial charge is 0.393 e. The molecule has 0 spiro atoms. The van der Waals surface area contributed by atoms with E-state index in [0.29, 0.717) is 38.3 Å². The predicted molar refractivity (Wildman–Crippen MR) is 91.8 cm³/mol. The number of carbonyl (C=O) groups is 1. The molecule has 1 aromatic carbocycles. The third kappa shape index (κ3) is 3.06. The molecular formula is C17H20N6O3. The van der Waals surface area contributed by atoms with E-state index in [0.717, 1.165) is 16.7 Å². The van der Waals surface area contributed by atoms with Crippen LogP contribution in [0.3, 0.4) is 0 Å². The second-order valence-corrected chi connectivity index (χ2v) is 6.35. The Morgan fingerprint density at radius 3 is 2.96 bits per heavy atom. The summed E-state index contributed by atoms with van der Waals surface area (Å²) in [6.45, 7) is 1.70. The number of carbonyl (C=O) groups excluding carboxylic acids is 1. The Morgan fingerprint density at radius 2 is 2.12 bits per heavy atom. The van der Waals surface area contributed by atoms with Gasteiger partial charge in [0.25, 0.3) is 0 Å². The highest BCUT2D eigenvalue weighted by molar-refractivity contribution is 5.77. The van der Waals surface area contributed by atoms with E-state index in [2.05, 4.69) is 15.4 Å². The molecule has 1 aliphatic rings. The number of aromatic nitrogens is 5. The van der Waals surface area contributed by atoms with Gasteiger partial charge in [0.1, 0.15) is 11.6 Å². The third-order valence-corrected chi connectivity index (χ3v) is 4.64. The molecule has 0 bridgehead atoms. The molecule has 26 heavy (non-hydrogen) atoms. The topological polar surface area (TPSA) is 109 Å². The van der Waals surface area contributed by atoms with Crippen LogP contribution >= 0.6 is 0 Å². The van der Waals surface area contributed by atoms with Gasteiger partial charge in [-0.05, 0) is 18.2 Å². The lowest BCUT2D eigenvalue weighted by molar-refractivity contribution is -0.133. The Labute approximate surface area is 149 Å². The fourth-order valence-corrected chi connectivity index (χ4v) is 3.20. The molecule has 0 radical (unpaired) electrons. The molecule has 3 aromatic rings. The number of aliphatic hydroxyl groups excluding tert-OH is 2. The highest BCUT2D eigenvalue weighted by Crippen LogP contribution is 2.19. The minimum absolute atomic E-state index is 0.0429. The molecule has 0 fully saturated rings. The van der Waals surface area contributed by atoms with Gasteiger partial charge in [-0.1, -0.05) is 17.3 Å². The average Bonchev–Trinajstić information content (AvgIpc) is 3.28. The number of nitrogens with zero attached hydrogens (tertiary/aromatic N) is 6. The number of hydrogen-bond acceptors (Lipinski definition) is 6. The molecule has 9 nitrogen and oxygen atoms in total. The summed E-state index contributed by atoms with van der Waals surface area (Å²) in [5.41, 5.74) is 3.03. The van der Waals surface area contributed by atoms with Gasteiger partial charge in [0.05, 0.1) is 43.1 Å². The van der Waals surface area contributed by atoms with Gasteiger partial charge in [-0.3, -0.25) is 9.48 Å². The van der Waals surface area contributed by atoms with Crippen molar-refractivity contribution in [1.29, 1.82) is 0 Å². The third-order valence-electron chi connectivity index (χ3n) is 4.64. The van der Waals surface area contributed by atoms with Crippen molar-refractivity contribution in [2.24, 2.45) is 0 Å². The molecule has 9 heteroatoms. The van der Waals surface area contributed by atoms with Crippen molar-refractivity contribution in [3.8, 4) is 0 Å². The number of aliphatic hydroxyl groups is 2. The summed E-state index contributed by atoms with van der Waals surface area (Å²) in [6.07, 6.45) is -0.647. The van der Waals surface area contributed by atoms with Crippen LogP contribution in [0.1, 0.15) is 23.9 Å². The van der Waals surface area contributed by atoms with E-state index in [4.69, 9.17) is 5.11 Å². The average molecular weight is 356 g/mol. The van der Waals surface area contributed by atoms with E-state index in [-0.39, 0.29) is 12.5 Å². The van der Waals surface area contributed by atoms with Gasteiger partial charge in [0.15, 0.2) is 0 Å². The highest BCUT2D eigenvalue weighted by Gasteiger charge is 2.23. The zero-order valence-corrected chi connectivity index (χ0v) is 14.2. The molecular weight excluding hydrogens is 336 g/mol. The standard InChI is InChI=1S/C17H20N6O3/c24-11-16(25)14-9-12-10-21(7-8-22(12)19-14)17(26)5-6-23-15-4-2-1-3-13(15)18-20-23/h1-4,9,16,24-25H,5-8,10-11H2/t16-/m1/s1. The first-order valence-corrected chi connectivity index (χ1v) is 8.57. The van der Waals surface area contributed by atoms with Crippen molar-refractivity contribution in [3.63, 3.8) is 0 Å². The van der Waals surface area contributed by atoms with Crippen LogP contribution in [0.25, 0.3) is 11.0 Å². The van der Waals surface area contributed by atoms with Gasteiger partial charge in [-0.2, -0.15) is 5.10 Å². The van der Waals surface area contributed by atoms with Gasteiger partial charge in [-0.25, -0.2) is 4.68 Å². The molecule has 4 rings (SSSR count). The van der Waals surface area contributed by atoms with Crippen molar-refractivity contribution < 1.29 is 15.0 Å². The van der Waals surface area contributed by atoms with E-state index in [9.17, 15) is 9.90 Å². The van der Waals surface area contributed by atoms with E-state index in [1.54, 1.807) is 20.3 Å². The fraction of sp³-hybridized carbons (Fsp3) is 0.412. The number of fused-ring (bicyclic) bond motifs is 2. The number of aryl methyl sites for hydroxylation is 1. The number of amides is 1. The quantitative estimate of drug-likeness (QED) is 0.670. The molecule has 1 atom stereocenters. The Kier molecular flexibility index (Phi) is 4.39. The second kappa shape index (κ2) is 6.85. The SMILES string of the molecule is O=C(CCn1nnc2ccccc21)N1CCn2nc([C@H](O)CO)cc2C1. The predicted octanol–water partition coefficient (Wildman–Crippen LogP) is 0.0860. The van der Waals surface area contributed by atoms with Crippen LogP contribution in [0.15, 0.2) is 30.3 Å². The summed E-state index contributed by atoms with van der Waals surface area (Å²) in [7, 11) is 0. The molecule has 0 aliphatic carbocycles. The maximum Gasteiger partial charge on any atom is 0.224 e. The summed E-state index contributed by atoms with van der Waals surface area (Å²) < 4.78 is 3.53. The van der Waals surface area contributed by atoms with E-state index >= 15 is 0 Å². The molecule has 0 saturated carbocycles. The number of benzene rings is 1. The van der Waals surface area contributed by atoms with Crippen LogP contribution in [0.2, 0.25) is 0 Å². The number of hydrogen-bond donors (Lipinski definition) is 2. The lowest BCUT2D eigenvalue weighted by Gasteiger charge is -2.27. The minimum Gasteiger partial charge on any atom is -0.393 e. The molecule has 2 aromatic heterocycles. The van der Waals surface area contributed by atoms with Crippen molar-refractivity contribution >= 4 is 16.9 Å². The van der Waals surface area contributed by atoms with Gasteiger partial charge in [0, 0.05) is 13.0 Å². The smallest absolute Gasteiger partial charge is 0.224 e. The van der Waals surface area contributed by atoms with Gasteiger partial charge >= 0.3 is 0 Å². The van der Waals surface area contributed by atoms with E-state index < -0.39 is 6.10 Å². The molecule has 1 amide bonds. The van der Waals surface area contributed by atoms with Crippen LogP contribution < -0.4 is 0 Å². The second-order valence-electron chi connectivity index (χ2n) is 6.35. The summed E-state index contributed by atoms with van der Waals surface area (Å²) in [5.74, 6) is 0.0429. The van der Waals surface area contributed by atoms with E-state index in [1.165, 1.54) is 0 Å². The number of para-hydroxylation sites is 1. The first-order chi connectivity index (χ1) is 12.7. The van der Waals surface area contributed by atoms with Crippen LogP contribution in [0, 0.1) is 0 Å². The molecule has 0 unspecified atom stereocenters. The van der Waals surface area contributed by atoms with Crippen molar-refractivity contribution in [2.45, 2.75) is 32.2 Å².